The van der Waals surface area contributed by atoms with E-state index in [0.717, 1.165) is 16.1 Å². The molecule has 0 spiro atoms. The van der Waals surface area contributed by atoms with Crippen molar-refractivity contribution in [2.45, 2.75) is 32.9 Å². The van der Waals surface area contributed by atoms with Crippen LogP contribution in [0.4, 0.5) is 5.69 Å². The average Bonchev–Trinajstić information content (AvgIpc) is 2.94. The molecule has 0 unspecified atom stereocenters. The van der Waals surface area contributed by atoms with Crippen LogP contribution in [-0.2, 0) is 32.6 Å². The molecule has 8 nitrogen and oxygen atoms in total. The molecule has 3 aromatic rings. The van der Waals surface area contributed by atoms with Gasteiger partial charge in [-0.1, -0.05) is 85.6 Å². The highest BCUT2D eigenvalue weighted by molar-refractivity contribution is 7.92. The zero-order valence-electron chi connectivity index (χ0n) is 23.5. The molecule has 0 bridgehead atoms. The van der Waals surface area contributed by atoms with Gasteiger partial charge >= 0.3 is 0 Å². The van der Waals surface area contributed by atoms with Crippen LogP contribution in [0.2, 0.25) is 10.0 Å². The summed E-state index contributed by atoms with van der Waals surface area (Å²) in [6.45, 7) is 3.81. The third-order valence-corrected chi connectivity index (χ3v) is 8.26. The van der Waals surface area contributed by atoms with E-state index in [0.29, 0.717) is 17.9 Å². The Kier molecular flexibility index (Phi) is 11.5. The highest BCUT2D eigenvalue weighted by Crippen LogP contribution is 2.34. The molecule has 0 aliphatic rings. The number of carbonyl (C=O) groups is 2. The number of nitrogens with one attached hydrogen (secondary N) is 1. The number of carbonyl (C=O) groups excluding carboxylic acids is 2. The van der Waals surface area contributed by atoms with Gasteiger partial charge in [0.1, 0.15) is 18.3 Å². The molecule has 0 heterocycles. The van der Waals surface area contributed by atoms with Crippen LogP contribution in [0.1, 0.15) is 25.0 Å². The highest BCUT2D eigenvalue weighted by Gasteiger charge is 2.33. The standard InChI is InChI=1S/C30H35Cl2N3O5S/c1-21(2)18-33-30(37)27(17-22-10-6-5-7-11-22)34(19-23-12-8-13-24(16-23)40-3)28(36)20-35(41(4,38)39)26-15-9-14-25(31)29(26)32/h5-16,21,27H,17-20H2,1-4H3,(H,33,37)/t27-/m1/s1. The third kappa shape index (κ3) is 9.11. The van der Waals surface area contributed by atoms with Gasteiger partial charge in [0.25, 0.3) is 0 Å². The summed E-state index contributed by atoms with van der Waals surface area (Å²) in [7, 11) is -2.43. The molecule has 0 aliphatic carbocycles. The van der Waals surface area contributed by atoms with Crippen molar-refractivity contribution in [2.24, 2.45) is 5.92 Å². The van der Waals surface area contributed by atoms with E-state index >= 15 is 0 Å². The second-order valence-electron chi connectivity index (χ2n) is 10.1. The molecular formula is C30H35Cl2N3O5S. The van der Waals surface area contributed by atoms with Crippen LogP contribution in [0, 0.1) is 5.92 Å². The zero-order chi connectivity index (χ0) is 30.2. The SMILES string of the molecule is COc1cccc(CN(C(=O)CN(c2cccc(Cl)c2Cl)S(C)(=O)=O)[C@H](Cc2ccccc2)C(=O)NCC(C)C)c1. The first-order chi connectivity index (χ1) is 19.4. The number of hydrogen-bond acceptors (Lipinski definition) is 5. The number of amides is 2. The van der Waals surface area contributed by atoms with Crippen LogP contribution in [0.5, 0.6) is 5.75 Å². The normalized spacial score (nSPS) is 12.1. The van der Waals surface area contributed by atoms with Gasteiger partial charge < -0.3 is 15.0 Å². The molecule has 0 saturated heterocycles. The van der Waals surface area contributed by atoms with Crippen LogP contribution >= 0.6 is 23.2 Å². The number of ether oxygens (including phenoxy) is 1. The third-order valence-electron chi connectivity index (χ3n) is 6.32. The summed E-state index contributed by atoms with van der Waals surface area (Å²) >= 11 is 12.5. The molecule has 1 atom stereocenters. The van der Waals surface area contributed by atoms with Crippen molar-refractivity contribution in [3.05, 3.63) is 94.0 Å². The number of halogens is 2. The Balaban J connectivity index is 2.09. The molecule has 3 aromatic carbocycles. The Morgan fingerprint density at radius 3 is 2.24 bits per heavy atom. The first-order valence-electron chi connectivity index (χ1n) is 13.1. The maximum atomic E-state index is 14.1. The lowest BCUT2D eigenvalue weighted by atomic mass is 10.0. The van der Waals surface area contributed by atoms with E-state index in [9.17, 15) is 18.0 Å². The van der Waals surface area contributed by atoms with E-state index in [-0.39, 0.29) is 40.5 Å². The maximum Gasteiger partial charge on any atom is 0.244 e. The van der Waals surface area contributed by atoms with Gasteiger partial charge in [-0.05, 0) is 41.3 Å². The van der Waals surface area contributed by atoms with Crippen molar-refractivity contribution in [2.75, 3.05) is 30.8 Å². The van der Waals surface area contributed by atoms with E-state index in [1.54, 1.807) is 24.3 Å². The van der Waals surface area contributed by atoms with Gasteiger partial charge in [0.05, 0.1) is 29.1 Å². The molecule has 0 aliphatic heterocycles. The Morgan fingerprint density at radius 1 is 0.951 bits per heavy atom. The lowest BCUT2D eigenvalue weighted by Gasteiger charge is -2.34. The molecule has 11 heteroatoms. The molecule has 0 fully saturated rings. The largest absolute Gasteiger partial charge is 0.497 e. The average molecular weight is 621 g/mol. The number of rotatable bonds is 13. The zero-order valence-corrected chi connectivity index (χ0v) is 25.8. The van der Waals surface area contributed by atoms with E-state index in [1.165, 1.54) is 24.1 Å². The lowest BCUT2D eigenvalue weighted by Crippen LogP contribution is -2.53. The van der Waals surface area contributed by atoms with Crippen LogP contribution in [0.3, 0.4) is 0 Å². The summed E-state index contributed by atoms with van der Waals surface area (Å²) in [6, 6.07) is 20.1. The van der Waals surface area contributed by atoms with Gasteiger partial charge in [-0.3, -0.25) is 13.9 Å². The summed E-state index contributed by atoms with van der Waals surface area (Å²) in [5, 5.41) is 3.10. The van der Waals surface area contributed by atoms with Crippen LogP contribution in [0.25, 0.3) is 0 Å². The van der Waals surface area contributed by atoms with E-state index in [4.69, 9.17) is 27.9 Å². The fourth-order valence-electron chi connectivity index (χ4n) is 4.22. The number of nitrogens with zero attached hydrogens (tertiary/aromatic N) is 2. The number of benzene rings is 3. The van der Waals surface area contributed by atoms with Crippen LogP contribution in [0.15, 0.2) is 72.8 Å². The molecule has 1 N–H and O–H groups in total. The molecule has 2 amide bonds. The predicted octanol–water partition coefficient (Wildman–Crippen LogP) is 5.18. The minimum atomic E-state index is -3.97. The quantitative estimate of drug-likeness (QED) is 0.284. The van der Waals surface area contributed by atoms with Gasteiger partial charge in [0.2, 0.25) is 21.8 Å². The lowest BCUT2D eigenvalue weighted by molar-refractivity contribution is -0.140. The second kappa shape index (κ2) is 14.6. The van der Waals surface area contributed by atoms with Crippen molar-refractivity contribution >= 4 is 50.7 Å². The fourth-order valence-corrected chi connectivity index (χ4v) is 5.53. The minimum absolute atomic E-state index is 0.00208. The number of methoxy groups -OCH3 is 1. The van der Waals surface area contributed by atoms with Crippen molar-refractivity contribution in [1.82, 2.24) is 10.2 Å². The Labute approximate surface area is 252 Å². The summed E-state index contributed by atoms with van der Waals surface area (Å²) < 4.78 is 32.1. The first-order valence-corrected chi connectivity index (χ1v) is 15.7. The molecule has 0 radical (unpaired) electrons. The Hall–Kier alpha value is -3.27. The molecule has 3 rings (SSSR count). The van der Waals surface area contributed by atoms with Gasteiger partial charge in [-0.25, -0.2) is 8.42 Å². The second-order valence-corrected chi connectivity index (χ2v) is 12.8. The number of sulfonamides is 1. The number of hydrogen-bond donors (Lipinski definition) is 1. The maximum absolute atomic E-state index is 14.1. The van der Waals surface area contributed by atoms with Crippen molar-refractivity contribution in [1.29, 1.82) is 0 Å². The van der Waals surface area contributed by atoms with Crippen molar-refractivity contribution in [3.63, 3.8) is 0 Å². The molecule has 0 saturated carbocycles. The minimum Gasteiger partial charge on any atom is -0.497 e. The molecule has 0 aromatic heterocycles. The summed E-state index contributed by atoms with van der Waals surface area (Å²) in [4.78, 5) is 29.2. The van der Waals surface area contributed by atoms with Gasteiger partial charge in [-0.15, -0.1) is 0 Å². The summed E-state index contributed by atoms with van der Waals surface area (Å²) in [5.74, 6) is -0.160. The highest BCUT2D eigenvalue weighted by atomic mass is 35.5. The van der Waals surface area contributed by atoms with Gasteiger partial charge in [-0.2, -0.15) is 0 Å². The van der Waals surface area contributed by atoms with Gasteiger partial charge in [0, 0.05) is 19.5 Å². The van der Waals surface area contributed by atoms with Crippen LogP contribution in [-0.4, -0.2) is 57.6 Å². The molecular weight excluding hydrogens is 585 g/mol. The van der Waals surface area contributed by atoms with Crippen LogP contribution < -0.4 is 14.4 Å². The number of anilines is 1. The smallest absolute Gasteiger partial charge is 0.244 e. The molecule has 41 heavy (non-hydrogen) atoms. The summed E-state index contributed by atoms with van der Waals surface area (Å²) in [6.07, 6.45) is 1.21. The first kappa shape index (κ1) is 32.2. The molecule has 220 valence electrons. The Bertz CT molecular complexity index is 1450. The van der Waals surface area contributed by atoms with E-state index < -0.39 is 28.5 Å². The Morgan fingerprint density at radius 2 is 1.61 bits per heavy atom. The van der Waals surface area contributed by atoms with Gasteiger partial charge in [0.15, 0.2) is 0 Å². The topological polar surface area (TPSA) is 96.0 Å². The fraction of sp³-hybridized carbons (Fsp3) is 0.333. The monoisotopic (exact) mass is 619 g/mol. The summed E-state index contributed by atoms with van der Waals surface area (Å²) in [5.41, 5.74) is 1.62. The van der Waals surface area contributed by atoms with E-state index in [2.05, 4.69) is 5.32 Å². The van der Waals surface area contributed by atoms with E-state index in [1.807, 2.05) is 50.2 Å². The predicted molar refractivity (Wildman–Crippen MR) is 164 cm³/mol. The van der Waals surface area contributed by atoms with Crippen molar-refractivity contribution in [3.8, 4) is 5.75 Å². The van der Waals surface area contributed by atoms with Crippen molar-refractivity contribution < 1.29 is 22.7 Å².